The molecule has 178 valence electrons. The Morgan fingerprint density at radius 3 is 1.22 bits per heavy atom. The molecular formula is C30H24N2O4. The number of para-hydroxylation sites is 2. The topological polar surface area (TPSA) is 76.7 Å². The SMILES string of the molecule is C=C1[C@@H](C(=O)Nc2ccc(Oc3ccccc3)cc2)[C@@H]1C(=O)Nc1ccc(Oc2ccccc2)cc1. The number of carbonyl (C=O) groups is 2. The number of benzene rings is 4. The van der Waals surface area contributed by atoms with E-state index in [1.54, 1.807) is 48.5 Å². The molecule has 1 aliphatic carbocycles. The van der Waals surface area contributed by atoms with E-state index in [-0.39, 0.29) is 11.8 Å². The standard InChI is InChI=1S/C30H24N2O4/c1-20-27(29(33)31-21-12-16-25(17-13-21)35-23-8-4-2-5-9-23)28(20)30(34)32-22-14-18-26(19-15-22)36-24-10-6-3-7-11-24/h2-19,27-28H,1H2,(H,31,33)(H,32,34)/t27-,28-/m1/s1. The number of nitrogens with one attached hydrogen (secondary N) is 2. The van der Waals surface area contributed by atoms with Crippen LogP contribution in [-0.2, 0) is 9.59 Å². The third-order valence-corrected chi connectivity index (χ3v) is 5.79. The van der Waals surface area contributed by atoms with E-state index in [2.05, 4.69) is 17.2 Å². The average Bonchev–Trinajstić information content (AvgIpc) is 3.59. The number of amides is 2. The van der Waals surface area contributed by atoms with Gasteiger partial charge in [0.15, 0.2) is 0 Å². The molecule has 2 atom stereocenters. The van der Waals surface area contributed by atoms with Gasteiger partial charge in [0.1, 0.15) is 23.0 Å². The molecule has 0 bridgehead atoms. The third kappa shape index (κ3) is 5.45. The Labute approximate surface area is 209 Å². The minimum atomic E-state index is -0.564. The summed E-state index contributed by atoms with van der Waals surface area (Å²) in [6.07, 6.45) is 0. The monoisotopic (exact) mass is 476 g/mol. The summed E-state index contributed by atoms with van der Waals surface area (Å²) >= 11 is 0. The van der Waals surface area contributed by atoms with Crippen LogP contribution in [0.3, 0.4) is 0 Å². The number of anilines is 2. The molecular weight excluding hydrogens is 452 g/mol. The van der Waals surface area contributed by atoms with E-state index in [1.165, 1.54) is 0 Å². The van der Waals surface area contributed by atoms with Gasteiger partial charge < -0.3 is 20.1 Å². The van der Waals surface area contributed by atoms with Crippen molar-refractivity contribution in [2.45, 2.75) is 0 Å². The third-order valence-electron chi connectivity index (χ3n) is 5.79. The molecule has 1 saturated carbocycles. The lowest BCUT2D eigenvalue weighted by Crippen LogP contribution is -2.20. The molecule has 0 unspecified atom stereocenters. The van der Waals surface area contributed by atoms with Gasteiger partial charge in [-0.2, -0.15) is 0 Å². The van der Waals surface area contributed by atoms with Crippen LogP contribution in [0.2, 0.25) is 0 Å². The zero-order valence-electron chi connectivity index (χ0n) is 19.4. The maximum Gasteiger partial charge on any atom is 0.232 e. The Balaban J connectivity index is 1.13. The Morgan fingerprint density at radius 1 is 0.528 bits per heavy atom. The summed E-state index contributed by atoms with van der Waals surface area (Å²) < 4.78 is 11.5. The van der Waals surface area contributed by atoms with Gasteiger partial charge in [0.25, 0.3) is 0 Å². The lowest BCUT2D eigenvalue weighted by atomic mass is 10.2. The van der Waals surface area contributed by atoms with Gasteiger partial charge in [-0.1, -0.05) is 48.6 Å². The van der Waals surface area contributed by atoms with E-state index in [9.17, 15) is 9.59 Å². The quantitative estimate of drug-likeness (QED) is 0.279. The fourth-order valence-electron chi connectivity index (χ4n) is 3.86. The van der Waals surface area contributed by atoms with Crippen LogP contribution in [0.15, 0.2) is 121 Å². The normalized spacial score (nSPS) is 16.1. The molecule has 1 aliphatic rings. The molecule has 5 rings (SSSR count). The molecule has 4 aromatic carbocycles. The number of rotatable bonds is 8. The van der Waals surface area contributed by atoms with E-state index >= 15 is 0 Å². The van der Waals surface area contributed by atoms with Crippen LogP contribution in [0.25, 0.3) is 0 Å². The maximum atomic E-state index is 12.7. The highest BCUT2D eigenvalue weighted by atomic mass is 16.5. The first-order chi connectivity index (χ1) is 17.6. The van der Waals surface area contributed by atoms with Crippen molar-refractivity contribution in [3.63, 3.8) is 0 Å². The van der Waals surface area contributed by atoms with E-state index in [0.29, 0.717) is 28.4 Å². The molecule has 0 saturated heterocycles. The van der Waals surface area contributed by atoms with E-state index in [0.717, 1.165) is 11.5 Å². The Hall–Kier alpha value is -4.84. The van der Waals surface area contributed by atoms with Crippen molar-refractivity contribution < 1.29 is 19.1 Å². The molecule has 0 radical (unpaired) electrons. The summed E-state index contributed by atoms with van der Waals surface area (Å²) in [6.45, 7) is 3.92. The van der Waals surface area contributed by atoms with Gasteiger partial charge in [-0.15, -0.1) is 0 Å². The molecule has 36 heavy (non-hydrogen) atoms. The number of hydrogen-bond donors (Lipinski definition) is 2. The second kappa shape index (κ2) is 10.2. The van der Waals surface area contributed by atoms with Crippen molar-refractivity contribution in [3.8, 4) is 23.0 Å². The lowest BCUT2D eigenvalue weighted by molar-refractivity contribution is -0.122. The van der Waals surface area contributed by atoms with Crippen molar-refractivity contribution >= 4 is 23.2 Å². The van der Waals surface area contributed by atoms with Crippen LogP contribution in [0.1, 0.15) is 0 Å². The van der Waals surface area contributed by atoms with E-state index in [4.69, 9.17) is 9.47 Å². The fraction of sp³-hybridized carbons (Fsp3) is 0.0667. The molecule has 0 aliphatic heterocycles. The van der Waals surface area contributed by atoms with E-state index in [1.807, 2.05) is 60.7 Å². The zero-order valence-corrected chi connectivity index (χ0v) is 19.4. The summed E-state index contributed by atoms with van der Waals surface area (Å²) in [6, 6.07) is 33.0. The highest BCUT2D eigenvalue weighted by Crippen LogP contribution is 2.45. The van der Waals surface area contributed by atoms with Gasteiger partial charge in [0.2, 0.25) is 11.8 Å². The van der Waals surface area contributed by atoms with Crippen LogP contribution >= 0.6 is 0 Å². The van der Waals surface area contributed by atoms with Crippen molar-refractivity contribution in [3.05, 3.63) is 121 Å². The molecule has 0 heterocycles. The predicted molar refractivity (Wildman–Crippen MR) is 139 cm³/mol. The second-order valence-electron chi connectivity index (χ2n) is 8.39. The average molecular weight is 477 g/mol. The van der Waals surface area contributed by atoms with Crippen LogP contribution in [0, 0.1) is 11.8 Å². The van der Waals surface area contributed by atoms with Gasteiger partial charge in [-0.3, -0.25) is 9.59 Å². The highest BCUT2D eigenvalue weighted by Gasteiger charge is 2.52. The minimum Gasteiger partial charge on any atom is -0.457 e. The predicted octanol–water partition coefficient (Wildman–Crippen LogP) is 6.65. The van der Waals surface area contributed by atoms with Crippen LogP contribution in [0.4, 0.5) is 11.4 Å². The molecule has 6 heteroatoms. The molecule has 1 fully saturated rings. The maximum absolute atomic E-state index is 12.7. The number of ether oxygens (including phenoxy) is 2. The number of carbonyl (C=O) groups excluding carboxylic acids is 2. The second-order valence-corrected chi connectivity index (χ2v) is 8.39. The lowest BCUT2D eigenvalue weighted by Gasteiger charge is -2.09. The highest BCUT2D eigenvalue weighted by molar-refractivity contribution is 6.08. The first-order valence-electron chi connectivity index (χ1n) is 11.5. The van der Waals surface area contributed by atoms with Crippen molar-refractivity contribution in [2.75, 3.05) is 10.6 Å². The summed E-state index contributed by atoms with van der Waals surface area (Å²) in [5.74, 6) is 1.13. The van der Waals surface area contributed by atoms with Crippen LogP contribution in [0.5, 0.6) is 23.0 Å². The Bertz CT molecular complexity index is 1260. The Kier molecular flexibility index (Phi) is 6.49. The smallest absolute Gasteiger partial charge is 0.232 e. The van der Waals surface area contributed by atoms with Crippen molar-refractivity contribution in [1.29, 1.82) is 0 Å². The van der Waals surface area contributed by atoms with Gasteiger partial charge >= 0.3 is 0 Å². The largest absolute Gasteiger partial charge is 0.457 e. The van der Waals surface area contributed by atoms with Crippen molar-refractivity contribution in [1.82, 2.24) is 0 Å². The summed E-state index contributed by atoms with van der Waals surface area (Å²) in [7, 11) is 0. The van der Waals surface area contributed by atoms with Crippen LogP contribution in [-0.4, -0.2) is 11.8 Å². The van der Waals surface area contributed by atoms with Gasteiger partial charge in [-0.05, 0) is 72.8 Å². The van der Waals surface area contributed by atoms with Crippen LogP contribution < -0.4 is 20.1 Å². The zero-order chi connectivity index (χ0) is 24.9. The Morgan fingerprint density at radius 2 is 0.861 bits per heavy atom. The summed E-state index contributed by atoms with van der Waals surface area (Å²) in [5.41, 5.74) is 1.83. The molecule has 0 spiro atoms. The van der Waals surface area contributed by atoms with E-state index < -0.39 is 11.8 Å². The minimum absolute atomic E-state index is 0.261. The molecule has 2 amide bonds. The molecule has 4 aromatic rings. The number of hydrogen-bond acceptors (Lipinski definition) is 4. The molecule has 0 aromatic heterocycles. The summed E-state index contributed by atoms with van der Waals surface area (Å²) in [4.78, 5) is 25.5. The molecule has 2 N–H and O–H groups in total. The summed E-state index contributed by atoms with van der Waals surface area (Å²) in [5, 5.41) is 5.71. The molecule has 6 nitrogen and oxygen atoms in total. The van der Waals surface area contributed by atoms with Gasteiger partial charge in [-0.25, -0.2) is 0 Å². The first kappa shape index (κ1) is 22.9. The van der Waals surface area contributed by atoms with Gasteiger partial charge in [0.05, 0.1) is 11.8 Å². The fourth-order valence-corrected chi connectivity index (χ4v) is 3.86. The van der Waals surface area contributed by atoms with Crippen molar-refractivity contribution in [2.24, 2.45) is 11.8 Å². The van der Waals surface area contributed by atoms with Gasteiger partial charge in [0, 0.05) is 11.4 Å². The first-order valence-corrected chi connectivity index (χ1v) is 11.5.